The van der Waals surface area contributed by atoms with Gasteiger partial charge >= 0.3 is 0 Å². The highest BCUT2D eigenvalue weighted by Crippen LogP contribution is 2.36. The van der Waals surface area contributed by atoms with Crippen molar-refractivity contribution >= 4 is 11.6 Å². The maximum Gasteiger partial charge on any atom is 0.0474 e. The smallest absolute Gasteiger partial charge is 0.0474 e. The minimum absolute atomic E-state index is 0.194. The molecular weight excluding hydrogens is 208 g/mol. The van der Waals surface area contributed by atoms with E-state index in [1.807, 2.05) is 24.3 Å². The number of hydrogen-bond donors (Lipinski definition) is 2. The number of benzene rings is 1. The summed E-state index contributed by atoms with van der Waals surface area (Å²) in [6.07, 6.45) is 5.10. The van der Waals surface area contributed by atoms with Crippen molar-refractivity contribution < 1.29 is 0 Å². The Morgan fingerprint density at radius 2 is 2.13 bits per heavy atom. The van der Waals surface area contributed by atoms with Crippen LogP contribution in [-0.4, -0.2) is 0 Å². The van der Waals surface area contributed by atoms with Gasteiger partial charge in [-0.15, -0.1) is 0 Å². The second-order valence-electron chi connectivity index (χ2n) is 4.26. The van der Waals surface area contributed by atoms with Gasteiger partial charge in [-0.3, -0.25) is 11.3 Å². The molecule has 0 radical (unpaired) electrons. The summed E-state index contributed by atoms with van der Waals surface area (Å²) in [5.74, 6) is 6.51. The molecule has 1 atom stereocenters. The van der Waals surface area contributed by atoms with Crippen LogP contribution in [0.1, 0.15) is 37.3 Å². The average molecular weight is 225 g/mol. The molecule has 0 bridgehead atoms. The maximum absolute atomic E-state index is 6.13. The van der Waals surface area contributed by atoms with Crippen LogP contribution in [0, 0.1) is 5.92 Å². The van der Waals surface area contributed by atoms with E-state index in [1.54, 1.807) is 0 Å². The van der Waals surface area contributed by atoms with E-state index in [-0.39, 0.29) is 6.04 Å². The summed E-state index contributed by atoms with van der Waals surface area (Å²) in [5.41, 5.74) is 3.97. The van der Waals surface area contributed by atoms with E-state index >= 15 is 0 Å². The summed E-state index contributed by atoms with van der Waals surface area (Å²) in [5, 5.41) is 0.802. The standard InChI is InChI=1S/C12H17ClN2/c13-11-4-2-1-3-10(11)12(15-14)8-7-9-5-6-9/h1-4,9,12,15H,5-8,14H2. The van der Waals surface area contributed by atoms with Crippen LogP contribution in [0.15, 0.2) is 24.3 Å². The lowest BCUT2D eigenvalue weighted by molar-refractivity contribution is 0.482. The quantitative estimate of drug-likeness (QED) is 0.596. The van der Waals surface area contributed by atoms with Gasteiger partial charge < -0.3 is 0 Å². The summed E-state index contributed by atoms with van der Waals surface area (Å²) in [6, 6.07) is 8.10. The molecule has 82 valence electrons. The number of hydrogen-bond acceptors (Lipinski definition) is 2. The van der Waals surface area contributed by atoms with Crippen LogP contribution >= 0.6 is 11.6 Å². The van der Waals surface area contributed by atoms with Crippen molar-refractivity contribution in [2.24, 2.45) is 11.8 Å². The van der Waals surface area contributed by atoms with Gasteiger partial charge in [-0.2, -0.15) is 0 Å². The molecule has 2 rings (SSSR count). The minimum Gasteiger partial charge on any atom is -0.271 e. The number of nitrogens with two attached hydrogens (primary N) is 1. The predicted molar refractivity (Wildman–Crippen MR) is 63.5 cm³/mol. The van der Waals surface area contributed by atoms with Gasteiger partial charge in [-0.25, -0.2) is 0 Å². The summed E-state index contributed by atoms with van der Waals surface area (Å²) in [7, 11) is 0. The van der Waals surface area contributed by atoms with E-state index < -0.39 is 0 Å². The molecule has 1 unspecified atom stereocenters. The monoisotopic (exact) mass is 224 g/mol. The summed E-state index contributed by atoms with van der Waals surface area (Å²) in [4.78, 5) is 0. The first-order valence-electron chi connectivity index (χ1n) is 5.52. The Bertz CT molecular complexity index is 323. The normalized spacial score (nSPS) is 17.7. The van der Waals surface area contributed by atoms with Crippen molar-refractivity contribution in [3.05, 3.63) is 34.9 Å². The Labute approximate surface area is 95.8 Å². The third-order valence-corrected chi connectivity index (χ3v) is 3.39. The fraction of sp³-hybridized carbons (Fsp3) is 0.500. The van der Waals surface area contributed by atoms with Crippen LogP contribution in [0.3, 0.4) is 0 Å². The molecule has 2 nitrogen and oxygen atoms in total. The number of halogens is 1. The van der Waals surface area contributed by atoms with Crippen molar-refractivity contribution in [1.82, 2.24) is 5.43 Å². The molecule has 0 saturated heterocycles. The lowest BCUT2D eigenvalue weighted by atomic mass is 10.0. The van der Waals surface area contributed by atoms with Gasteiger partial charge in [0.2, 0.25) is 0 Å². The van der Waals surface area contributed by atoms with Gasteiger partial charge in [0.05, 0.1) is 0 Å². The van der Waals surface area contributed by atoms with Crippen LogP contribution in [0.2, 0.25) is 5.02 Å². The molecule has 0 amide bonds. The highest BCUT2D eigenvalue weighted by atomic mass is 35.5. The maximum atomic E-state index is 6.13. The molecule has 0 heterocycles. The molecule has 0 spiro atoms. The highest BCUT2D eigenvalue weighted by Gasteiger charge is 2.23. The van der Waals surface area contributed by atoms with E-state index in [0.29, 0.717) is 0 Å². The first-order chi connectivity index (χ1) is 7.31. The number of nitrogens with one attached hydrogen (secondary N) is 1. The Morgan fingerprint density at radius 3 is 2.73 bits per heavy atom. The molecule has 0 aromatic heterocycles. The van der Waals surface area contributed by atoms with Crippen molar-refractivity contribution in [1.29, 1.82) is 0 Å². The van der Waals surface area contributed by atoms with Gasteiger partial charge in [0.15, 0.2) is 0 Å². The van der Waals surface area contributed by atoms with E-state index in [9.17, 15) is 0 Å². The fourth-order valence-corrected chi connectivity index (χ4v) is 2.16. The molecule has 1 aliphatic rings. The third-order valence-electron chi connectivity index (χ3n) is 3.04. The van der Waals surface area contributed by atoms with Crippen LogP contribution in [-0.2, 0) is 0 Å². The van der Waals surface area contributed by atoms with Crippen LogP contribution in [0.5, 0.6) is 0 Å². The molecule has 15 heavy (non-hydrogen) atoms. The van der Waals surface area contributed by atoms with Crippen molar-refractivity contribution in [2.45, 2.75) is 31.7 Å². The zero-order chi connectivity index (χ0) is 10.7. The average Bonchev–Trinajstić information content (AvgIpc) is 3.05. The van der Waals surface area contributed by atoms with Crippen LogP contribution in [0.25, 0.3) is 0 Å². The number of hydrazine groups is 1. The number of rotatable bonds is 5. The zero-order valence-electron chi connectivity index (χ0n) is 8.75. The molecule has 1 aliphatic carbocycles. The Balaban J connectivity index is 2.00. The molecule has 3 N–H and O–H groups in total. The van der Waals surface area contributed by atoms with Gasteiger partial charge in [-0.1, -0.05) is 42.6 Å². The highest BCUT2D eigenvalue weighted by molar-refractivity contribution is 6.31. The fourth-order valence-electron chi connectivity index (χ4n) is 1.90. The molecule has 3 heteroatoms. The van der Waals surface area contributed by atoms with Crippen molar-refractivity contribution in [3.63, 3.8) is 0 Å². The second kappa shape index (κ2) is 4.97. The first-order valence-corrected chi connectivity index (χ1v) is 5.89. The van der Waals surface area contributed by atoms with E-state index in [1.165, 1.54) is 19.3 Å². The summed E-state index contributed by atoms with van der Waals surface area (Å²) >= 11 is 6.13. The Kier molecular flexibility index (Phi) is 3.62. The third kappa shape index (κ3) is 2.94. The van der Waals surface area contributed by atoms with Crippen molar-refractivity contribution in [2.75, 3.05) is 0 Å². The minimum atomic E-state index is 0.194. The summed E-state index contributed by atoms with van der Waals surface area (Å²) < 4.78 is 0. The van der Waals surface area contributed by atoms with Crippen LogP contribution in [0.4, 0.5) is 0 Å². The van der Waals surface area contributed by atoms with Gasteiger partial charge in [0.1, 0.15) is 0 Å². The van der Waals surface area contributed by atoms with Gasteiger partial charge in [-0.05, 0) is 30.4 Å². The Hall–Kier alpha value is -0.570. The topological polar surface area (TPSA) is 38.0 Å². The lowest BCUT2D eigenvalue weighted by Crippen LogP contribution is -2.28. The first kappa shape index (κ1) is 10.9. The molecule has 1 aromatic carbocycles. The van der Waals surface area contributed by atoms with Crippen LogP contribution < -0.4 is 11.3 Å². The largest absolute Gasteiger partial charge is 0.271 e. The molecular formula is C12H17ClN2. The van der Waals surface area contributed by atoms with E-state index in [0.717, 1.165) is 22.9 Å². The molecule has 1 fully saturated rings. The SMILES string of the molecule is NNC(CCC1CC1)c1ccccc1Cl. The van der Waals surface area contributed by atoms with Gasteiger partial charge in [0, 0.05) is 11.1 Å². The Morgan fingerprint density at radius 1 is 1.40 bits per heavy atom. The second-order valence-corrected chi connectivity index (χ2v) is 4.67. The van der Waals surface area contributed by atoms with Gasteiger partial charge in [0.25, 0.3) is 0 Å². The predicted octanol–water partition coefficient (Wildman–Crippen LogP) is 3.03. The zero-order valence-corrected chi connectivity index (χ0v) is 9.50. The molecule has 1 aromatic rings. The van der Waals surface area contributed by atoms with Crippen molar-refractivity contribution in [3.8, 4) is 0 Å². The molecule has 1 saturated carbocycles. The van der Waals surface area contributed by atoms with E-state index in [2.05, 4.69) is 5.43 Å². The lowest BCUT2D eigenvalue weighted by Gasteiger charge is -2.17. The summed E-state index contributed by atoms with van der Waals surface area (Å²) in [6.45, 7) is 0. The molecule has 0 aliphatic heterocycles. The van der Waals surface area contributed by atoms with E-state index in [4.69, 9.17) is 17.4 Å².